The molecule has 0 heterocycles. The van der Waals surface area contributed by atoms with Crippen molar-refractivity contribution in [3.63, 3.8) is 0 Å². The first-order valence-electron chi connectivity index (χ1n) is 9.34. The first-order chi connectivity index (χ1) is 13.2. The van der Waals surface area contributed by atoms with Crippen molar-refractivity contribution in [2.45, 2.75) is 25.8 Å². The maximum atomic E-state index is 12.5. The first-order valence-corrected chi connectivity index (χ1v) is 9.34. The van der Waals surface area contributed by atoms with Crippen molar-refractivity contribution in [3.8, 4) is 0 Å². The normalized spacial score (nSPS) is 13.2. The van der Waals surface area contributed by atoms with Gasteiger partial charge in [0.1, 0.15) is 6.61 Å². The van der Waals surface area contributed by atoms with E-state index in [0.717, 1.165) is 23.4 Å². The summed E-state index contributed by atoms with van der Waals surface area (Å²) >= 11 is 0. The molecule has 0 aromatic heterocycles. The minimum absolute atomic E-state index is 0.0259. The molecule has 1 aliphatic rings. The number of ether oxygens (including phenoxy) is 1. The fraction of sp³-hybridized carbons (Fsp3) is 0.364. The van der Waals surface area contributed by atoms with Crippen LogP contribution >= 0.6 is 0 Å². The van der Waals surface area contributed by atoms with Crippen molar-refractivity contribution in [1.82, 2.24) is 5.32 Å². The van der Waals surface area contributed by atoms with E-state index in [9.17, 15) is 9.59 Å². The Morgan fingerprint density at radius 2 is 1.74 bits per heavy atom. The average Bonchev–Trinajstić information content (AvgIpc) is 3.51. The van der Waals surface area contributed by atoms with Crippen molar-refractivity contribution in [1.29, 1.82) is 0 Å². The molecule has 0 aliphatic heterocycles. The Kier molecular flexibility index (Phi) is 6.60. The second-order valence-corrected chi connectivity index (χ2v) is 6.99. The van der Waals surface area contributed by atoms with E-state index in [1.807, 2.05) is 54.6 Å². The summed E-state index contributed by atoms with van der Waals surface area (Å²) in [7, 11) is 1.52. The Balaban J connectivity index is 1.66. The van der Waals surface area contributed by atoms with Crippen LogP contribution in [0.4, 0.5) is 5.69 Å². The van der Waals surface area contributed by atoms with Gasteiger partial charge in [-0.1, -0.05) is 42.5 Å². The zero-order valence-electron chi connectivity index (χ0n) is 15.7. The van der Waals surface area contributed by atoms with Crippen LogP contribution in [0, 0.1) is 5.92 Å². The number of hydrogen-bond acceptors (Lipinski definition) is 3. The first kappa shape index (κ1) is 19.1. The van der Waals surface area contributed by atoms with Crippen LogP contribution in [0.15, 0.2) is 54.6 Å². The van der Waals surface area contributed by atoms with Crippen LogP contribution in [0.2, 0.25) is 0 Å². The molecule has 2 amide bonds. The molecule has 2 aromatic carbocycles. The number of nitrogens with one attached hydrogen (secondary N) is 1. The maximum absolute atomic E-state index is 12.5. The van der Waals surface area contributed by atoms with E-state index in [4.69, 9.17) is 4.74 Å². The van der Waals surface area contributed by atoms with Crippen LogP contribution in [0.5, 0.6) is 0 Å². The number of methoxy groups -OCH3 is 1. The predicted octanol–water partition coefficient (Wildman–Crippen LogP) is 2.93. The van der Waals surface area contributed by atoms with Gasteiger partial charge in [-0.05, 0) is 42.0 Å². The topological polar surface area (TPSA) is 58.6 Å². The molecule has 0 radical (unpaired) electrons. The van der Waals surface area contributed by atoms with E-state index in [1.165, 1.54) is 20.0 Å². The van der Waals surface area contributed by atoms with Gasteiger partial charge < -0.3 is 15.0 Å². The molecule has 142 valence electrons. The van der Waals surface area contributed by atoms with Crippen molar-refractivity contribution >= 4 is 17.5 Å². The van der Waals surface area contributed by atoms with Gasteiger partial charge in [-0.3, -0.25) is 9.59 Å². The lowest BCUT2D eigenvalue weighted by molar-refractivity contribution is -0.122. The third-order valence-electron chi connectivity index (χ3n) is 4.65. The van der Waals surface area contributed by atoms with Gasteiger partial charge >= 0.3 is 0 Å². The maximum Gasteiger partial charge on any atom is 0.253 e. The van der Waals surface area contributed by atoms with Gasteiger partial charge in [-0.2, -0.15) is 0 Å². The minimum Gasteiger partial charge on any atom is -0.375 e. The summed E-state index contributed by atoms with van der Waals surface area (Å²) < 4.78 is 5.03. The number of carbonyl (C=O) groups is 2. The zero-order chi connectivity index (χ0) is 19.1. The summed E-state index contributed by atoms with van der Waals surface area (Å²) in [4.78, 5) is 26.2. The quantitative estimate of drug-likeness (QED) is 0.742. The Morgan fingerprint density at radius 3 is 2.37 bits per heavy atom. The number of rotatable bonds is 9. The highest BCUT2D eigenvalue weighted by atomic mass is 16.5. The number of benzene rings is 2. The largest absolute Gasteiger partial charge is 0.375 e. The molecule has 2 aromatic rings. The van der Waals surface area contributed by atoms with Gasteiger partial charge in [0.05, 0.1) is 13.0 Å². The van der Waals surface area contributed by atoms with Crippen LogP contribution in [0.3, 0.4) is 0 Å². The molecule has 0 atom stereocenters. The van der Waals surface area contributed by atoms with Gasteiger partial charge in [0.2, 0.25) is 5.91 Å². The second-order valence-electron chi connectivity index (χ2n) is 6.99. The summed E-state index contributed by atoms with van der Waals surface area (Å²) in [5.41, 5.74) is 2.78. The number of hydrogen-bond donors (Lipinski definition) is 1. The van der Waals surface area contributed by atoms with E-state index in [0.29, 0.717) is 18.9 Å². The van der Waals surface area contributed by atoms with Crippen LogP contribution in [-0.4, -0.2) is 32.1 Å². The van der Waals surface area contributed by atoms with Crippen molar-refractivity contribution in [2.75, 3.05) is 25.2 Å². The Hall–Kier alpha value is -2.66. The molecule has 1 saturated carbocycles. The lowest BCUT2D eigenvalue weighted by Gasteiger charge is -2.23. The molecule has 1 fully saturated rings. The summed E-state index contributed by atoms with van der Waals surface area (Å²) in [5.74, 6) is 0.622. The summed E-state index contributed by atoms with van der Waals surface area (Å²) in [6.45, 7) is 1.29. The molecule has 0 spiro atoms. The monoisotopic (exact) mass is 366 g/mol. The summed E-state index contributed by atoms with van der Waals surface area (Å²) in [6, 6.07) is 17.4. The molecular weight excluding hydrogens is 340 g/mol. The SMILES string of the molecule is COCC(=O)N(Cc1ccccc1)c1ccc(CC(=O)NCC2CC2)cc1. The van der Waals surface area contributed by atoms with Gasteiger partial charge in [0.15, 0.2) is 0 Å². The van der Waals surface area contributed by atoms with Crippen LogP contribution in [0.25, 0.3) is 0 Å². The molecule has 5 nitrogen and oxygen atoms in total. The second kappa shape index (κ2) is 9.33. The van der Waals surface area contributed by atoms with E-state index in [2.05, 4.69) is 5.32 Å². The summed E-state index contributed by atoms with van der Waals surface area (Å²) in [6.07, 6.45) is 2.81. The third-order valence-corrected chi connectivity index (χ3v) is 4.65. The van der Waals surface area contributed by atoms with Crippen LogP contribution in [-0.2, 0) is 27.3 Å². The van der Waals surface area contributed by atoms with E-state index >= 15 is 0 Å². The molecule has 0 saturated heterocycles. The molecule has 1 aliphatic carbocycles. The molecule has 0 bridgehead atoms. The number of anilines is 1. The predicted molar refractivity (Wildman–Crippen MR) is 105 cm³/mol. The number of amides is 2. The molecule has 27 heavy (non-hydrogen) atoms. The van der Waals surface area contributed by atoms with Gasteiger partial charge in [-0.25, -0.2) is 0 Å². The highest BCUT2D eigenvalue weighted by molar-refractivity contribution is 5.94. The molecule has 3 rings (SSSR count). The highest BCUT2D eigenvalue weighted by Gasteiger charge is 2.21. The smallest absolute Gasteiger partial charge is 0.253 e. The Morgan fingerprint density at radius 1 is 1.04 bits per heavy atom. The molecule has 0 unspecified atom stereocenters. The molecule has 5 heteroatoms. The van der Waals surface area contributed by atoms with Crippen molar-refractivity contribution in [2.24, 2.45) is 5.92 Å². The Bertz CT molecular complexity index is 755. The fourth-order valence-electron chi connectivity index (χ4n) is 2.91. The average molecular weight is 366 g/mol. The standard InChI is InChI=1S/C22H26N2O3/c1-27-16-22(26)24(15-19-5-3-2-4-6-19)20-11-9-17(10-12-20)13-21(25)23-14-18-7-8-18/h2-6,9-12,18H,7-8,13-16H2,1H3,(H,23,25). The Labute approximate surface area is 160 Å². The lowest BCUT2D eigenvalue weighted by Crippen LogP contribution is -2.33. The highest BCUT2D eigenvalue weighted by Crippen LogP contribution is 2.27. The fourth-order valence-corrected chi connectivity index (χ4v) is 2.91. The summed E-state index contributed by atoms with van der Waals surface area (Å²) in [5, 5.41) is 2.98. The zero-order valence-corrected chi connectivity index (χ0v) is 15.7. The van der Waals surface area contributed by atoms with Crippen molar-refractivity contribution < 1.29 is 14.3 Å². The third kappa shape index (κ3) is 5.93. The van der Waals surface area contributed by atoms with Crippen molar-refractivity contribution in [3.05, 3.63) is 65.7 Å². The number of nitrogens with zero attached hydrogens (tertiary/aromatic N) is 1. The van der Waals surface area contributed by atoms with Gasteiger partial charge in [0, 0.05) is 19.3 Å². The number of carbonyl (C=O) groups excluding carboxylic acids is 2. The molecule has 1 N–H and O–H groups in total. The van der Waals surface area contributed by atoms with E-state index in [-0.39, 0.29) is 18.4 Å². The van der Waals surface area contributed by atoms with Crippen LogP contribution < -0.4 is 10.2 Å². The molecular formula is C22H26N2O3. The van der Waals surface area contributed by atoms with Crippen LogP contribution in [0.1, 0.15) is 24.0 Å². The van der Waals surface area contributed by atoms with E-state index < -0.39 is 0 Å². The van der Waals surface area contributed by atoms with E-state index in [1.54, 1.807) is 4.90 Å². The lowest BCUT2D eigenvalue weighted by atomic mass is 10.1. The van der Waals surface area contributed by atoms with Gasteiger partial charge in [0.25, 0.3) is 5.91 Å². The minimum atomic E-state index is -0.101. The van der Waals surface area contributed by atoms with Gasteiger partial charge in [-0.15, -0.1) is 0 Å².